The minimum atomic E-state index is -1.04. The highest BCUT2D eigenvalue weighted by atomic mass is 79.9. The van der Waals surface area contributed by atoms with Gasteiger partial charge < -0.3 is 10.2 Å². The molecule has 0 unspecified atom stereocenters. The maximum absolute atomic E-state index is 10.9. The van der Waals surface area contributed by atoms with Crippen LogP contribution < -0.4 is 0 Å². The fourth-order valence-corrected chi connectivity index (χ4v) is 1.81. The van der Waals surface area contributed by atoms with Gasteiger partial charge in [0.25, 0.3) is 0 Å². The Hall–Kier alpha value is -1.36. The Bertz CT molecular complexity index is 400. The standard InChI is InChI=1S/C10H9BrO4/c11-8-3-1-2-7(10(14)15)6(8)4-5-9(12)13/h1-3H,4-5H2,(H,12,13)(H,14,15). The van der Waals surface area contributed by atoms with Crippen molar-refractivity contribution in [2.24, 2.45) is 0 Å². The Morgan fingerprint density at radius 3 is 2.47 bits per heavy atom. The average molecular weight is 273 g/mol. The molecule has 2 N–H and O–H groups in total. The van der Waals surface area contributed by atoms with Gasteiger partial charge in [0.15, 0.2) is 0 Å². The van der Waals surface area contributed by atoms with Crippen molar-refractivity contribution in [1.29, 1.82) is 0 Å². The molecule has 0 fully saturated rings. The van der Waals surface area contributed by atoms with Crippen LogP contribution in [0.4, 0.5) is 0 Å². The highest BCUT2D eigenvalue weighted by molar-refractivity contribution is 9.10. The Morgan fingerprint density at radius 2 is 1.93 bits per heavy atom. The zero-order valence-corrected chi connectivity index (χ0v) is 9.32. The third kappa shape index (κ3) is 3.06. The van der Waals surface area contributed by atoms with E-state index < -0.39 is 11.9 Å². The number of carboxylic acid groups (broad SMARTS) is 2. The molecule has 0 heterocycles. The van der Waals surface area contributed by atoms with Crippen LogP contribution in [0.25, 0.3) is 0 Å². The van der Waals surface area contributed by atoms with Crippen LogP contribution in [-0.2, 0) is 11.2 Å². The quantitative estimate of drug-likeness (QED) is 0.881. The average Bonchev–Trinajstić information content (AvgIpc) is 2.15. The number of hydrogen-bond donors (Lipinski definition) is 2. The van der Waals surface area contributed by atoms with E-state index in [0.717, 1.165) is 0 Å². The highest BCUT2D eigenvalue weighted by Gasteiger charge is 2.13. The molecule has 0 amide bonds. The van der Waals surface area contributed by atoms with Crippen molar-refractivity contribution in [2.75, 3.05) is 0 Å². The molecule has 0 spiro atoms. The Morgan fingerprint density at radius 1 is 1.27 bits per heavy atom. The first kappa shape index (κ1) is 11.7. The van der Waals surface area contributed by atoms with Crippen molar-refractivity contribution >= 4 is 27.9 Å². The Labute approximate surface area is 94.7 Å². The first-order valence-electron chi connectivity index (χ1n) is 4.25. The first-order valence-corrected chi connectivity index (χ1v) is 5.04. The summed E-state index contributed by atoms with van der Waals surface area (Å²) in [5.74, 6) is -1.99. The third-order valence-corrected chi connectivity index (χ3v) is 2.68. The van der Waals surface area contributed by atoms with Gasteiger partial charge in [-0.25, -0.2) is 4.79 Å². The number of aliphatic carboxylic acids is 1. The molecular weight excluding hydrogens is 264 g/mol. The molecule has 0 saturated heterocycles. The minimum Gasteiger partial charge on any atom is -0.481 e. The largest absolute Gasteiger partial charge is 0.481 e. The molecule has 0 bridgehead atoms. The lowest BCUT2D eigenvalue weighted by atomic mass is 10.0. The molecule has 1 aromatic carbocycles. The summed E-state index contributed by atoms with van der Waals surface area (Å²) in [4.78, 5) is 21.3. The number of aromatic carboxylic acids is 1. The Balaban J connectivity index is 3.02. The minimum absolute atomic E-state index is 0.0805. The first-order chi connectivity index (χ1) is 7.02. The monoisotopic (exact) mass is 272 g/mol. The van der Waals surface area contributed by atoms with Gasteiger partial charge in [0.05, 0.1) is 5.56 Å². The van der Waals surface area contributed by atoms with Gasteiger partial charge in [-0.05, 0) is 24.1 Å². The summed E-state index contributed by atoms with van der Waals surface area (Å²) in [6.07, 6.45) is 0.126. The van der Waals surface area contributed by atoms with Gasteiger partial charge in [0.1, 0.15) is 0 Å². The lowest BCUT2D eigenvalue weighted by Crippen LogP contribution is -2.05. The second-order valence-electron chi connectivity index (χ2n) is 2.96. The van der Waals surface area contributed by atoms with Crippen molar-refractivity contribution in [2.45, 2.75) is 12.8 Å². The predicted octanol–water partition coefficient (Wildman–Crippen LogP) is 2.16. The molecular formula is C10H9BrO4. The van der Waals surface area contributed by atoms with E-state index in [9.17, 15) is 9.59 Å². The molecule has 80 valence electrons. The van der Waals surface area contributed by atoms with E-state index in [0.29, 0.717) is 10.0 Å². The molecule has 4 nitrogen and oxygen atoms in total. The van der Waals surface area contributed by atoms with E-state index in [2.05, 4.69) is 15.9 Å². The number of carboxylic acids is 2. The van der Waals surface area contributed by atoms with Crippen molar-refractivity contribution in [1.82, 2.24) is 0 Å². The maximum Gasteiger partial charge on any atom is 0.336 e. The van der Waals surface area contributed by atoms with Crippen LogP contribution in [-0.4, -0.2) is 22.2 Å². The molecule has 0 atom stereocenters. The molecule has 0 aliphatic heterocycles. The summed E-state index contributed by atoms with van der Waals surface area (Å²) in [5.41, 5.74) is 0.665. The SMILES string of the molecule is O=C(O)CCc1c(Br)cccc1C(=O)O. The van der Waals surface area contributed by atoms with Crippen molar-refractivity contribution < 1.29 is 19.8 Å². The summed E-state index contributed by atoms with van der Waals surface area (Å²) in [6.45, 7) is 0. The molecule has 0 aromatic heterocycles. The maximum atomic E-state index is 10.9. The Kier molecular flexibility index (Phi) is 3.85. The van der Waals surface area contributed by atoms with E-state index in [1.54, 1.807) is 12.1 Å². The third-order valence-electron chi connectivity index (χ3n) is 1.94. The number of benzene rings is 1. The van der Waals surface area contributed by atoms with E-state index >= 15 is 0 Å². The van der Waals surface area contributed by atoms with E-state index in [4.69, 9.17) is 10.2 Å². The molecule has 0 saturated carbocycles. The number of halogens is 1. The van der Waals surface area contributed by atoms with Crippen LogP contribution in [0.15, 0.2) is 22.7 Å². The fourth-order valence-electron chi connectivity index (χ4n) is 1.25. The van der Waals surface area contributed by atoms with Crippen LogP contribution >= 0.6 is 15.9 Å². The van der Waals surface area contributed by atoms with Gasteiger partial charge in [0, 0.05) is 10.9 Å². The zero-order chi connectivity index (χ0) is 11.4. The molecule has 15 heavy (non-hydrogen) atoms. The van der Waals surface area contributed by atoms with E-state index in [-0.39, 0.29) is 18.4 Å². The fraction of sp³-hybridized carbons (Fsp3) is 0.200. The van der Waals surface area contributed by atoms with Gasteiger partial charge in [0.2, 0.25) is 0 Å². The van der Waals surface area contributed by atoms with Gasteiger partial charge in [-0.1, -0.05) is 22.0 Å². The summed E-state index contributed by atoms with van der Waals surface area (Å²) < 4.78 is 0.628. The van der Waals surface area contributed by atoms with Crippen LogP contribution in [0.2, 0.25) is 0 Å². The van der Waals surface area contributed by atoms with Crippen molar-refractivity contribution in [3.8, 4) is 0 Å². The smallest absolute Gasteiger partial charge is 0.336 e. The van der Waals surface area contributed by atoms with Crippen molar-refractivity contribution in [3.05, 3.63) is 33.8 Å². The molecule has 1 rings (SSSR count). The van der Waals surface area contributed by atoms with Crippen LogP contribution in [0.5, 0.6) is 0 Å². The second kappa shape index (κ2) is 4.93. The normalized spacial score (nSPS) is 9.93. The van der Waals surface area contributed by atoms with Crippen LogP contribution in [0, 0.1) is 0 Å². The van der Waals surface area contributed by atoms with Crippen LogP contribution in [0.3, 0.4) is 0 Å². The van der Waals surface area contributed by atoms with E-state index in [1.165, 1.54) is 6.07 Å². The molecule has 0 aliphatic carbocycles. The topological polar surface area (TPSA) is 74.6 Å². The van der Waals surface area contributed by atoms with Gasteiger partial charge in [-0.2, -0.15) is 0 Å². The lowest BCUT2D eigenvalue weighted by Gasteiger charge is -2.06. The summed E-state index contributed by atoms with van der Waals surface area (Å²) in [6, 6.07) is 4.77. The summed E-state index contributed by atoms with van der Waals surface area (Å²) in [7, 11) is 0. The summed E-state index contributed by atoms with van der Waals surface area (Å²) >= 11 is 3.21. The summed E-state index contributed by atoms with van der Waals surface area (Å²) in [5, 5.41) is 17.4. The zero-order valence-electron chi connectivity index (χ0n) is 7.74. The molecule has 1 aromatic rings. The molecule has 0 radical (unpaired) electrons. The highest BCUT2D eigenvalue weighted by Crippen LogP contribution is 2.22. The van der Waals surface area contributed by atoms with Gasteiger partial charge in [-0.3, -0.25) is 4.79 Å². The molecule has 5 heteroatoms. The van der Waals surface area contributed by atoms with Crippen LogP contribution in [0.1, 0.15) is 22.3 Å². The van der Waals surface area contributed by atoms with E-state index in [1.807, 2.05) is 0 Å². The van der Waals surface area contributed by atoms with Gasteiger partial charge >= 0.3 is 11.9 Å². The lowest BCUT2D eigenvalue weighted by molar-refractivity contribution is -0.136. The number of rotatable bonds is 4. The number of hydrogen-bond acceptors (Lipinski definition) is 2. The van der Waals surface area contributed by atoms with Gasteiger partial charge in [-0.15, -0.1) is 0 Å². The second-order valence-corrected chi connectivity index (χ2v) is 3.82. The number of carbonyl (C=O) groups is 2. The predicted molar refractivity (Wildman–Crippen MR) is 57.1 cm³/mol. The molecule has 0 aliphatic rings. The van der Waals surface area contributed by atoms with Crippen molar-refractivity contribution in [3.63, 3.8) is 0 Å².